The smallest absolute Gasteiger partial charge is 0.411 e. The molecule has 0 aromatic heterocycles. The van der Waals surface area contributed by atoms with E-state index in [1.165, 1.54) is 29.2 Å². The van der Waals surface area contributed by atoms with Crippen LogP contribution in [0.3, 0.4) is 0 Å². The highest BCUT2D eigenvalue weighted by Gasteiger charge is 2.37. The molecule has 1 aliphatic heterocycles. The Morgan fingerprint density at radius 2 is 1.88 bits per heavy atom. The van der Waals surface area contributed by atoms with E-state index < -0.39 is 28.6 Å². The predicted octanol–water partition coefficient (Wildman–Crippen LogP) is 2.90. The van der Waals surface area contributed by atoms with Crippen molar-refractivity contribution in [2.45, 2.75) is 45.3 Å². The van der Waals surface area contributed by atoms with Gasteiger partial charge in [0.05, 0.1) is 4.92 Å². The molecule has 1 fully saturated rings. The summed E-state index contributed by atoms with van der Waals surface area (Å²) in [4.78, 5) is 35.9. The Morgan fingerprint density at radius 1 is 1.25 bits per heavy atom. The summed E-state index contributed by atoms with van der Waals surface area (Å²) in [6.45, 7) is 5.69. The highest BCUT2D eigenvalue weighted by molar-refractivity contribution is 5.83. The Hall–Kier alpha value is -2.64. The SMILES string of the molecule is CC(C)(C)OC(=O)N1CCC[C@@H]1C(=O)Oc1ccc([N+](=O)[O-])cc1. The fraction of sp³-hybridized carbons (Fsp3) is 0.500. The minimum atomic E-state index is -0.713. The summed E-state index contributed by atoms with van der Waals surface area (Å²) in [5.74, 6) is -0.381. The fourth-order valence-electron chi connectivity index (χ4n) is 2.37. The number of nitrogens with zero attached hydrogens (tertiary/aromatic N) is 2. The maximum atomic E-state index is 12.3. The Bertz CT molecular complexity index is 635. The van der Waals surface area contributed by atoms with Crippen LogP contribution in [0.5, 0.6) is 5.75 Å². The number of carbonyl (C=O) groups is 2. The van der Waals surface area contributed by atoms with Gasteiger partial charge in [0.1, 0.15) is 17.4 Å². The molecular weight excluding hydrogens is 316 g/mol. The summed E-state index contributed by atoms with van der Waals surface area (Å²) < 4.78 is 10.5. The van der Waals surface area contributed by atoms with E-state index in [9.17, 15) is 19.7 Å². The minimum absolute atomic E-state index is 0.0916. The van der Waals surface area contributed by atoms with Gasteiger partial charge in [-0.1, -0.05) is 0 Å². The number of likely N-dealkylation sites (tertiary alicyclic amines) is 1. The summed E-state index contributed by atoms with van der Waals surface area (Å²) >= 11 is 0. The van der Waals surface area contributed by atoms with E-state index in [4.69, 9.17) is 9.47 Å². The molecule has 24 heavy (non-hydrogen) atoms. The molecule has 1 aromatic carbocycles. The van der Waals surface area contributed by atoms with E-state index >= 15 is 0 Å². The molecule has 1 heterocycles. The van der Waals surface area contributed by atoms with Crippen LogP contribution in [0.4, 0.5) is 10.5 Å². The number of rotatable bonds is 3. The zero-order valence-electron chi connectivity index (χ0n) is 13.9. The second-order valence-corrected chi connectivity index (χ2v) is 6.50. The highest BCUT2D eigenvalue weighted by Crippen LogP contribution is 2.24. The molecule has 0 spiro atoms. The predicted molar refractivity (Wildman–Crippen MR) is 84.7 cm³/mol. The lowest BCUT2D eigenvalue weighted by molar-refractivity contribution is -0.384. The molecule has 0 N–H and O–H groups in total. The molecule has 0 aliphatic carbocycles. The third-order valence-electron chi connectivity index (χ3n) is 3.42. The van der Waals surface area contributed by atoms with E-state index in [1.807, 2.05) is 0 Å². The summed E-state index contributed by atoms with van der Waals surface area (Å²) in [6.07, 6.45) is 0.621. The van der Waals surface area contributed by atoms with E-state index in [1.54, 1.807) is 20.8 Å². The quantitative estimate of drug-likeness (QED) is 0.364. The number of amides is 1. The van der Waals surface area contributed by atoms with Crippen LogP contribution in [0, 0.1) is 10.1 Å². The van der Waals surface area contributed by atoms with Gasteiger partial charge in [-0.15, -0.1) is 0 Å². The van der Waals surface area contributed by atoms with Crippen LogP contribution in [-0.2, 0) is 9.53 Å². The average Bonchev–Trinajstić information content (AvgIpc) is 2.95. The molecule has 1 aliphatic rings. The first-order valence-corrected chi connectivity index (χ1v) is 7.63. The third-order valence-corrected chi connectivity index (χ3v) is 3.42. The molecule has 1 saturated heterocycles. The largest absolute Gasteiger partial charge is 0.444 e. The minimum Gasteiger partial charge on any atom is -0.444 e. The number of nitro groups is 1. The molecule has 0 radical (unpaired) electrons. The Kier molecular flexibility index (Phi) is 5.06. The first-order chi connectivity index (χ1) is 11.2. The molecule has 0 bridgehead atoms. The van der Waals surface area contributed by atoms with Gasteiger partial charge in [0, 0.05) is 18.7 Å². The van der Waals surface area contributed by atoms with Crippen molar-refractivity contribution < 1.29 is 24.0 Å². The highest BCUT2D eigenvalue weighted by atomic mass is 16.6. The van der Waals surface area contributed by atoms with Crippen molar-refractivity contribution >= 4 is 17.7 Å². The second kappa shape index (κ2) is 6.86. The van der Waals surface area contributed by atoms with Gasteiger partial charge in [0.25, 0.3) is 5.69 Å². The van der Waals surface area contributed by atoms with Gasteiger partial charge in [-0.2, -0.15) is 0 Å². The molecule has 1 aromatic rings. The summed E-state index contributed by atoms with van der Waals surface area (Å²) in [5, 5.41) is 10.6. The zero-order chi connectivity index (χ0) is 17.9. The number of hydrogen-bond acceptors (Lipinski definition) is 6. The lowest BCUT2D eigenvalue weighted by Crippen LogP contribution is -2.44. The fourth-order valence-corrected chi connectivity index (χ4v) is 2.37. The van der Waals surface area contributed by atoms with Gasteiger partial charge in [0.2, 0.25) is 0 Å². The maximum absolute atomic E-state index is 12.3. The maximum Gasteiger partial charge on any atom is 0.411 e. The van der Waals surface area contributed by atoms with Crippen LogP contribution in [0.1, 0.15) is 33.6 Å². The summed E-state index contributed by atoms with van der Waals surface area (Å²) in [6, 6.07) is 4.49. The van der Waals surface area contributed by atoms with Crippen molar-refractivity contribution in [2.24, 2.45) is 0 Å². The van der Waals surface area contributed by atoms with Crippen molar-refractivity contribution in [1.82, 2.24) is 4.90 Å². The second-order valence-electron chi connectivity index (χ2n) is 6.50. The molecule has 8 nitrogen and oxygen atoms in total. The lowest BCUT2D eigenvalue weighted by Gasteiger charge is -2.27. The summed E-state index contributed by atoms with van der Waals surface area (Å²) in [5.41, 5.74) is -0.738. The number of benzene rings is 1. The number of esters is 1. The van der Waals surface area contributed by atoms with Gasteiger partial charge >= 0.3 is 12.1 Å². The van der Waals surface area contributed by atoms with E-state index in [0.717, 1.165) is 0 Å². The van der Waals surface area contributed by atoms with Gasteiger partial charge in [-0.05, 0) is 45.7 Å². The molecule has 1 amide bonds. The Balaban J connectivity index is 2.02. The van der Waals surface area contributed by atoms with Gasteiger partial charge in [-0.3, -0.25) is 15.0 Å². The number of carbonyl (C=O) groups excluding carboxylic acids is 2. The molecule has 2 rings (SSSR count). The normalized spacial score (nSPS) is 17.5. The molecule has 130 valence electrons. The monoisotopic (exact) mass is 336 g/mol. The van der Waals surface area contributed by atoms with Gasteiger partial charge < -0.3 is 9.47 Å². The molecule has 0 saturated carbocycles. The van der Waals surface area contributed by atoms with Crippen molar-refractivity contribution in [3.8, 4) is 5.75 Å². The van der Waals surface area contributed by atoms with Crippen LogP contribution in [-0.4, -0.2) is 40.1 Å². The molecule has 1 atom stereocenters. The van der Waals surface area contributed by atoms with Crippen molar-refractivity contribution in [3.63, 3.8) is 0 Å². The van der Waals surface area contributed by atoms with E-state index in [2.05, 4.69) is 0 Å². The number of nitro benzene ring substituents is 1. The average molecular weight is 336 g/mol. The van der Waals surface area contributed by atoms with Crippen LogP contribution in [0.25, 0.3) is 0 Å². The molecule has 0 unspecified atom stereocenters. The third kappa shape index (κ3) is 4.43. The van der Waals surface area contributed by atoms with E-state index in [-0.39, 0.29) is 11.4 Å². The van der Waals surface area contributed by atoms with Crippen molar-refractivity contribution in [2.75, 3.05) is 6.54 Å². The summed E-state index contributed by atoms with van der Waals surface area (Å²) in [7, 11) is 0. The molecular formula is C16H20N2O6. The number of non-ortho nitro benzene ring substituents is 1. The first kappa shape index (κ1) is 17.7. The van der Waals surface area contributed by atoms with Crippen LogP contribution < -0.4 is 4.74 Å². The van der Waals surface area contributed by atoms with Crippen LogP contribution in [0.15, 0.2) is 24.3 Å². The first-order valence-electron chi connectivity index (χ1n) is 7.63. The van der Waals surface area contributed by atoms with Crippen molar-refractivity contribution in [1.29, 1.82) is 0 Å². The van der Waals surface area contributed by atoms with E-state index in [0.29, 0.717) is 19.4 Å². The van der Waals surface area contributed by atoms with Crippen LogP contribution in [0.2, 0.25) is 0 Å². The van der Waals surface area contributed by atoms with Crippen LogP contribution >= 0.6 is 0 Å². The number of hydrogen-bond donors (Lipinski definition) is 0. The standard InChI is InChI=1S/C16H20N2O6/c1-16(2,3)24-15(20)17-10-4-5-13(17)14(19)23-12-8-6-11(7-9-12)18(21)22/h6-9,13H,4-5,10H2,1-3H3/t13-/m1/s1. The lowest BCUT2D eigenvalue weighted by atomic mass is 10.2. The zero-order valence-corrected chi connectivity index (χ0v) is 13.9. The van der Waals surface area contributed by atoms with Crippen molar-refractivity contribution in [3.05, 3.63) is 34.4 Å². The topological polar surface area (TPSA) is 99.0 Å². The molecule has 8 heteroatoms. The van der Waals surface area contributed by atoms with Gasteiger partial charge in [0.15, 0.2) is 0 Å². The number of ether oxygens (including phenoxy) is 2. The Morgan fingerprint density at radius 3 is 2.42 bits per heavy atom. The Labute approximate surface area is 139 Å². The van der Waals surface area contributed by atoms with Gasteiger partial charge in [-0.25, -0.2) is 9.59 Å².